The van der Waals surface area contributed by atoms with E-state index >= 15 is 0 Å². The zero-order valence-electron chi connectivity index (χ0n) is 14.1. The first-order chi connectivity index (χ1) is 11.1. The fourth-order valence-electron chi connectivity index (χ4n) is 4.71. The van der Waals surface area contributed by atoms with Gasteiger partial charge in [-0.15, -0.1) is 12.4 Å². The van der Waals surface area contributed by atoms with E-state index in [-0.39, 0.29) is 36.3 Å². The molecule has 5 unspecified atom stereocenters. The summed E-state index contributed by atoms with van der Waals surface area (Å²) in [4.78, 5) is 12.7. The zero-order chi connectivity index (χ0) is 16.1. The molecule has 130 valence electrons. The first-order valence-corrected chi connectivity index (χ1v) is 8.60. The molecule has 1 heterocycles. The summed E-state index contributed by atoms with van der Waals surface area (Å²) in [6.45, 7) is 4.04. The maximum atomic E-state index is 12.7. The van der Waals surface area contributed by atoms with Crippen LogP contribution in [0.25, 0.3) is 11.0 Å². The van der Waals surface area contributed by atoms with Crippen LogP contribution in [0.4, 0.5) is 0 Å². The lowest BCUT2D eigenvalue weighted by atomic mass is 9.84. The lowest BCUT2D eigenvalue weighted by Crippen LogP contribution is -2.45. The van der Waals surface area contributed by atoms with E-state index in [4.69, 9.17) is 10.2 Å². The summed E-state index contributed by atoms with van der Waals surface area (Å²) in [5.41, 5.74) is 8.26. The molecule has 24 heavy (non-hydrogen) atoms. The molecule has 4 rings (SSSR count). The van der Waals surface area contributed by atoms with E-state index in [0.29, 0.717) is 11.8 Å². The minimum atomic E-state index is -0.138. The highest BCUT2D eigenvalue weighted by Crippen LogP contribution is 2.47. The van der Waals surface area contributed by atoms with Crippen LogP contribution in [0.3, 0.4) is 0 Å². The number of nitrogens with two attached hydrogens (primary N) is 1. The third kappa shape index (κ3) is 2.62. The molecule has 5 atom stereocenters. The van der Waals surface area contributed by atoms with Gasteiger partial charge in [0.15, 0.2) is 0 Å². The van der Waals surface area contributed by atoms with Crippen molar-refractivity contribution in [2.24, 2.45) is 23.5 Å². The van der Waals surface area contributed by atoms with Gasteiger partial charge in [0, 0.05) is 17.0 Å². The van der Waals surface area contributed by atoms with Gasteiger partial charge < -0.3 is 15.5 Å². The predicted octanol–water partition coefficient (Wildman–Crippen LogP) is 3.71. The van der Waals surface area contributed by atoms with E-state index in [1.165, 1.54) is 6.42 Å². The van der Waals surface area contributed by atoms with Crippen LogP contribution in [-0.4, -0.2) is 11.9 Å². The molecule has 0 saturated heterocycles. The minimum Gasteiger partial charge on any atom is -0.459 e. The van der Waals surface area contributed by atoms with Gasteiger partial charge in [-0.05, 0) is 51.0 Å². The van der Waals surface area contributed by atoms with E-state index in [9.17, 15) is 4.79 Å². The van der Waals surface area contributed by atoms with Crippen molar-refractivity contribution >= 4 is 29.3 Å². The first kappa shape index (κ1) is 17.3. The monoisotopic (exact) mass is 348 g/mol. The van der Waals surface area contributed by atoms with E-state index in [1.54, 1.807) is 0 Å². The molecule has 5 heteroatoms. The Balaban J connectivity index is 0.00000169. The summed E-state index contributed by atoms with van der Waals surface area (Å²) in [6.07, 6.45) is 3.46. The number of amides is 1. The fourth-order valence-corrected chi connectivity index (χ4v) is 4.71. The Hall–Kier alpha value is -1.52. The molecule has 4 nitrogen and oxygen atoms in total. The molecule has 0 aliphatic heterocycles. The molecule has 2 bridgehead atoms. The van der Waals surface area contributed by atoms with Gasteiger partial charge in [-0.2, -0.15) is 0 Å². The summed E-state index contributed by atoms with van der Waals surface area (Å²) in [5.74, 6) is 1.92. The molecule has 3 N–H and O–H groups in total. The molecule has 1 amide bonds. The third-order valence-corrected chi connectivity index (χ3v) is 5.92. The Morgan fingerprint density at radius 2 is 2.00 bits per heavy atom. The van der Waals surface area contributed by atoms with Crippen molar-refractivity contribution < 1.29 is 9.21 Å². The zero-order valence-corrected chi connectivity index (χ0v) is 14.9. The molecular formula is C19H25ClN2O2. The standard InChI is InChI=1S/C19H24N2O2.ClH/c1-10-14-5-3-4-6-15(14)23-18(10)11(2)21-19(22)16-12-7-8-13(9-12)17(16)20;/h3-6,11-13,16-17H,7-9,20H2,1-2H3,(H,21,22);1H. The number of furan rings is 1. The first-order valence-electron chi connectivity index (χ1n) is 8.60. The van der Waals surface area contributed by atoms with E-state index < -0.39 is 0 Å². The van der Waals surface area contributed by atoms with Gasteiger partial charge in [-0.3, -0.25) is 4.79 Å². The third-order valence-electron chi connectivity index (χ3n) is 5.92. The van der Waals surface area contributed by atoms with Gasteiger partial charge in [-0.1, -0.05) is 18.2 Å². The molecule has 0 spiro atoms. The van der Waals surface area contributed by atoms with Crippen molar-refractivity contribution in [2.75, 3.05) is 0 Å². The number of para-hydroxylation sites is 1. The number of halogens is 1. The molecule has 0 radical (unpaired) electrons. The molecule has 2 aliphatic carbocycles. The highest BCUT2D eigenvalue weighted by Gasteiger charge is 2.49. The molecule has 1 aromatic heterocycles. The van der Waals surface area contributed by atoms with Gasteiger partial charge in [0.05, 0.1) is 12.0 Å². The predicted molar refractivity (Wildman–Crippen MR) is 97.1 cm³/mol. The summed E-state index contributed by atoms with van der Waals surface area (Å²) in [6, 6.07) is 7.88. The average molecular weight is 349 g/mol. The number of carbonyl (C=O) groups is 1. The van der Waals surface area contributed by atoms with Crippen LogP contribution < -0.4 is 11.1 Å². The van der Waals surface area contributed by atoms with E-state index in [1.807, 2.05) is 32.0 Å². The second-order valence-corrected chi connectivity index (χ2v) is 7.25. The number of nitrogens with one attached hydrogen (secondary N) is 1. The molecular weight excluding hydrogens is 324 g/mol. The van der Waals surface area contributed by atoms with Gasteiger partial charge in [-0.25, -0.2) is 0 Å². The number of carbonyl (C=O) groups excluding carboxylic acids is 1. The van der Waals surface area contributed by atoms with Crippen LogP contribution in [0.1, 0.15) is 43.6 Å². The second-order valence-electron chi connectivity index (χ2n) is 7.25. The van der Waals surface area contributed by atoms with Crippen LogP contribution in [0.2, 0.25) is 0 Å². The molecule has 2 fully saturated rings. The lowest BCUT2D eigenvalue weighted by molar-refractivity contribution is -0.127. The van der Waals surface area contributed by atoms with E-state index in [0.717, 1.165) is 35.1 Å². The van der Waals surface area contributed by atoms with Crippen molar-refractivity contribution in [3.63, 3.8) is 0 Å². The van der Waals surface area contributed by atoms with Crippen molar-refractivity contribution in [1.82, 2.24) is 5.32 Å². The molecule has 2 aromatic rings. The van der Waals surface area contributed by atoms with Crippen LogP contribution in [0.5, 0.6) is 0 Å². The Kier molecular flexibility index (Phi) is 4.63. The van der Waals surface area contributed by atoms with Crippen LogP contribution in [0.15, 0.2) is 28.7 Å². The smallest absolute Gasteiger partial charge is 0.225 e. The SMILES string of the molecule is Cc1c(C(C)NC(=O)C2C3CCC(C3)C2N)oc2ccccc12.Cl. The summed E-state index contributed by atoms with van der Waals surface area (Å²) in [5, 5.41) is 4.25. The Morgan fingerprint density at radius 1 is 1.29 bits per heavy atom. The minimum absolute atomic E-state index is 0. The average Bonchev–Trinajstić information content (AvgIpc) is 3.21. The van der Waals surface area contributed by atoms with Crippen molar-refractivity contribution in [1.29, 1.82) is 0 Å². The number of hydrogen-bond donors (Lipinski definition) is 2. The van der Waals surface area contributed by atoms with Gasteiger partial charge in [0.1, 0.15) is 11.3 Å². The Labute approximate surface area is 148 Å². The Bertz CT molecular complexity index is 755. The van der Waals surface area contributed by atoms with Gasteiger partial charge >= 0.3 is 0 Å². The highest BCUT2D eigenvalue weighted by molar-refractivity contribution is 5.85. The summed E-state index contributed by atoms with van der Waals surface area (Å²) in [7, 11) is 0. The van der Waals surface area contributed by atoms with Crippen LogP contribution in [0, 0.1) is 24.7 Å². The quantitative estimate of drug-likeness (QED) is 0.888. The van der Waals surface area contributed by atoms with Crippen molar-refractivity contribution in [3.05, 3.63) is 35.6 Å². The van der Waals surface area contributed by atoms with E-state index in [2.05, 4.69) is 11.4 Å². The van der Waals surface area contributed by atoms with Crippen LogP contribution in [-0.2, 0) is 4.79 Å². The maximum Gasteiger partial charge on any atom is 0.225 e. The molecule has 2 aliphatic rings. The normalized spacial score (nSPS) is 29.5. The lowest BCUT2D eigenvalue weighted by Gasteiger charge is -2.28. The highest BCUT2D eigenvalue weighted by atomic mass is 35.5. The Morgan fingerprint density at radius 3 is 2.67 bits per heavy atom. The second kappa shape index (κ2) is 6.41. The maximum absolute atomic E-state index is 12.7. The largest absolute Gasteiger partial charge is 0.459 e. The number of hydrogen-bond acceptors (Lipinski definition) is 3. The van der Waals surface area contributed by atoms with Gasteiger partial charge in [0.2, 0.25) is 5.91 Å². The number of aryl methyl sites for hydroxylation is 1. The number of fused-ring (bicyclic) bond motifs is 3. The van der Waals surface area contributed by atoms with Crippen molar-refractivity contribution in [3.8, 4) is 0 Å². The molecule has 2 saturated carbocycles. The van der Waals surface area contributed by atoms with Gasteiger partial charge in [0.25, 0.3) is 0 Å². The number of benzene rings is 1. The fraction of sp³-hybridized carbons (Fsp3) is 0.526. The van der Waals surface area contributed by atoms with Crippen LogP contribution >= 0.6 is 12.4 Å². The topological polar surface area (TPSA) is 68.3 Å². The molecule has 1 aromatic carbocycles. The number of rotatable bonds is 3. The van der Waals surface area contributed by atoms with Crippen molar-refractivity contribution in [2.45, 2.75) is 45.2 Å². The summed E-state index contributed by atoms with van der Waals surface area (Å²) < 4.78 is 5.97. The summed E-state index contributed by atoms with van der Waals surface area (Å²) >= 11 is 0.